The van der Waals surface area contributed by atoms with Gasteiger partial charge in [-0.2, -0.15) is 13.2 Å². The van der Waals surface area contributed by atoms with Crippen molar-refractivity contribution in [3.05, 3.63) is 23.8 Å². The minimum Gasteiger partial charge on any atom is -0.450 e. The molecule has 1 atom stereocenters. The molecule has 7 heteroatoms. The second kappa shape index (κ2) is 7.10. The third-order valence-corrected chi connectivity index (χ3v) is 3.95. The van der Waals surface area contributed by atoms with Gasteiger partial charge in [-0.05, 0) is 51.3 Å². The van der Waals surface area contributed by atoms with Gasteiger partial charge in [0, 0.05) is 12.6 Å². The van der Waals surface area contributed by atoms with E-state index in [1.807, 2.05) is 11.8 Å². The largest absolute Gasteiger partial charge is 0.450 e. The molecule has 0 radical (unpaired) electrons. The molecule has 1 heterocycles. The van der Waals surface area contributed by atoms with Gasteiger partial charge < -0.3 is 9.64 Å². The maximum Gasteiger partial charge on any atom is 0.416 e. The summed E-state index contributed by atoms with van der Waals surface area (Å²) in [6, 6.07) is 3.65. The SMILES string of the molecule is CCOC(=O)Nc1cc(C(F)(F)F)ccc1N1CCCCC1C. The highest BCUT2D eigenvalue weighted by Gasteiger charge is 2.32. The van der Waals surface area contributed by atoms with E-state index in [4.69, 9.17) is 4.74 Å². The van der Waals surface area contributed by atoms with Gasteiger partial charge in [0.05, 0.1) is 23.5 Å². The van der Waals surface area contributed by atoms with E-state index >= 15 is 0 Å². The Balaban J connectivity index is 2.37. The van der Waals surface area contributed by atoms with E-state index in [2.05, 4.69) is 5.32 Å². The number of benzene rings is 1. The Hall–Kier alpha value is -1.92. The molecule has 1 aromatic carbocycles. The fourth-order valence-electron chi connectivity index (χ4n) is 2.80. The van der Waals surface area contributed by atoms with Crippen molar-refractivity contribution < 1.29 is 22.7 Å². The second-order valence-electron chi connectivity index (χ2n) is 5.61. The molecule has 1 unspecified atom stereocenters. The lowest BCUT2D eigenvalue weighted by Gasteiger charge is -2.36. The van der Waals surface area contributed by atoms with Crippen LogP contribution >= 0.6 is 0 Å². The summed E-state index contributed by atoms with van der Waals surface area (Å²) in [5, 5.41) is 2.44. The van der Waals surface area contributed by atoms with Crippen LogP contribution in [0.4, 0.5) is 29.3 Å². The van der Waals surface area contributed by atoms with E-state index in [-0.39, 0.29) is 18.3 Å². The van der Waals surface area contributed by atoms with E-state index in [1.54, 1.807) is 6.92 Å². The Kier molecular flexibility index (Phi) is 5.38. The highest BCUT2D eigenvalue weighted by Crippen LogP contribution is 2.37. The number of hydrogen-bond acceptors (Lipinski definition) is 3. The number of nitrogens with zero attached hydrogens (tertiary/aromatic N) is 1. The Bertz CT molecular complexity index is 561. The lowest BCUT2D eigenvalue weighted by Crippen LogP contribution is -2.38. The Morgan fingerprint density at radius 3 is 2.74 bits per heavy atom. The number of hydrogen-bond donors (Lipinski definition) is 1. The van der Waals surface area contributed by atoms with Crippen molar-refractivity contribution in [1.29, 1.82) is 0 Å². The molecule has 0 aliphatic carbocycles. The first-order valence-electron chi connectivity index (χ1n) is 7.74. The van der Waals surface area contributed by atoms with Gasteiger partial charge in [-0.15, -0.1) is 0 Å². The third-order valence-electron chi connectivity index (χ3n) is 3.95. The van der Waals surface area contributed by atoms with Crippen molar-refractivity contribution in [1.82, 2.24) is 0 Å². The van der Waals surface area contributed by atoms with Gasteiger partial charge in [-0.25, -0.2) is 4.79 Å². The first kappa shape index (κ1) is 17.4. The van der Waals surface area contributed by atoms with Gasteiger partial charge in [0.1, 0.15) is 0 Å². The summed E-state index contributed by atoms with van der Waals surface area (Å²) in [7, 11) is 0. The molecule has 0 bridgehead atoms. The number of piperidine rings is 1. The van der Waals surface area contributed by atoms with Crippen LogP contribution in [0, 0.1) is 0 Å². The van der Waals surface area contributed by atoms with Gasteiger partial charge in [0.15, 0.2) is 0 Å². The van der Waals surface area contributed by atoms with Crippen LogP contribution in [0.25, 0.3) is 0 Å². The number of amides is 1. The summed E-state index contributed by atoms with van der Waals surface area (Å²) in [6.45, 7) is 4.58. The molecule has 1 N–H and O–H groups in total. The molecular weight excluding hydrogens is 309 g/mol. The molecule has 23 heavy (non-hydrogen) atoms. The molecule has 1 aromatic rings. The van der Waals surface area contributed by atoms with Crippen molar-refractivity contribution in [2.45, 2.75) is 45.3 Å². The first-order valence-corrected chi connectivity index (χ1v) is 7.74. The summed E-state index contributed by atoms with van der Waals surface area (Å²) >= 11 is 0. The van der Waals surface area contributed by atoms with E-state index in [0.717, 1.165) is 37.9 Å². The van der Waals surface area contributed by atoms with Gasteiger partial charge >= 0.3 is 12.3 Å². The van der Waals surface area contributed by atoms with Gasteiger partial charge in [0.2, 0.25) is 0 Å². The number of carbonyl (C=O) groups excluding carboxylic acids is 1. The highest BCUT2D eigenvalue weighted by molar-refractivity contribution is 5.90. The molecule has 1 saturated heterocycles. The molecule has 128 valence electrons. The van der Waals surface area contributed by atoms with E-state index in [1.165, 1.54) is 6.07 Å². The van der Waals surface area contributed by atoms with Gasteiger partial charge in [-0.3, -0.25) is 5.32 Å². The number of halogens is 3. The average Bonchev–Trinajstić information content (AvgIpc) is 2.47. The standard InChI is InChI=1S/C16H21F3N2O2/c1-3-23-15(22)20-13-10-12(16(17,18)19)7-8-14(13)21-9-5-4-6-11(21)2/h7-8,10-11H,3-6,9H2,1-2H3,(H,20,22). The fourth-order valence-corrected chi connectivity index (χ4v) is 2.80. The lowest BCUT2D eigenvalue weighted by atomic mass is 10.0. The van der Waals surface area contributed by atoms with Crippen LogP contribution in [0.1, 0.15) is 38.7 Å². The summed E-state index contributed by atoms with van der Waals surface area (Å²) in [4.78, 5) is 13.7. The van der Waals surface area contributed by atoms with Crippen molar-refractivity contribution in [2.75, 3.05) is 23.4 Å². The first-order chi connectivity index (χ1) is 10.8. The third kappa shape index (κ3) is 4.30. The van der Waals surface area contributed by atoms with Crippen LogP contribution < -0.4 is 10.2 Å². The molecule has 1 fully saturated rings. The Morgan fingerprint density at radius 1 is 1.39 bits per heavy atom. The number of nitrogens with one attached hydrogen (secondary N) is 1. The molecule has 0 spiro atoms. The fraction of sp³-hybridized carbons (Fsp3) is 0.562. The zero-order chi connectivity index (χ0) is 17.0. The topological polar surface area (TPSA) is 41.6 Å². The number of alkyl halides is 3. The maximum atomic E-state index is 12.9. The zero-order valence-corrected chi connectivity index (χ0v) is 13.2. The summed E-state index contributed by atoms with van der Waals surface area (Å²) < 4.78 is 43.6. The molecule has 2 rings (SSSR count). The van der Waals surface area contributed by atoms with Crippen molar-refractivity contribution in [2.24, 2.45) is 0 Å². The molecule has 4 nitrogen and oxygen atoms in total. The monoisotopic (exact) mass is 330 g/mol. The van der Waals surface area contributed by atoms with E-state index in [0.29, 0.717) is 5.69 Å². The van der Waals surface area contributed by atoms with E-state index < -0.39 is 17.8 Å². The Labute approximate surface area is 133 Å². The Morgan fingerprint density at radius 2 is 2.13 bits per heavy atom. The number of carbonyl (C=O) groups is 1. The van der Waals surface area contributed by atoms with Crippen molar-refractivity contribution in [3.8, 4) is 0 Å². The van der Waals surface area contributed by atoms with Gasteiger partial charge in [-0.1, -0.05) is 0 Å². The second-order valence-corrected chi connectivity index (χ2v) is 5.61. The van der Waals surface area contributed by atoms with Crippen molar-refractivity contribution >= 4 is 17.5 Å². The summed E-state index contributed by atoms with van der Waals surface area (Å²) in [5.41, 5.74) is -0.0667. The molecular formula is C16H21F3N2O2. The number of rotatable bonds is 3. The molecule has 1 aliphatic rings. The summed E-state index contributed by atoms with van der Waals surface area (Å²) in [5.74, 6) is 0. The van der Waals surface area contributed by atoms with Crippen LogP contribution in [0.5, 0.6) is 0 Å². The number of anilines is 2. The summed E-state index contributed by atoms with van der Waals surface area (Å²) in [6.07, 6.45) is -2.17. The highest BCUT2D eigenvalue weighted by atomic mass is 19.4. The predicted octanol–water partition coefficient (Wildman–Crippen LogP) is 4.65. The minimum atomic E-state index is -4.46. The quantitative estimate of drug-likeness (QED) is 0.877. The molecule has 1 aliphatic heterocycles. The average molecular weight is 330 g/mol. The molecule has 0 aromatic heterocycles. The van der Waals surface area contributed by atoms with Crippen LogP contribution in [0.15, 0.2) is 18.2 Å². The number of ether oxygens (including phenoxy) is 1. The normalized spacial score (nSPS) is 18.7. The minimum absolute atomic E-state index is 0.132. The maximum absolute atomic E-state index is 12.9. The lowest BCUT2D eigenvalue weighted by molar-refractivity contribution is -0.137. The van der Waals surface area contributed by atoms with Crippen LogP contribution in [-0.2, 0) is 10.9 Å². The van der Waals surface area contributed by atoms with Crippen molar-refractivity contribution in [3.63, 3.8) is 0 Å². The molecule has 0 saturated carbocycles. The van der Waals surface area contributed by atoms with Gasteiger partial charge in [0.25, 0.3) is 0 Å². The molecule has 1 amide bonds. The predicted molar refractivity (Wildman–Crippen MR) is 82.7 cm³/mol. The van der Waals surface area contributed by atoms with Crippen LogP contribution in [-0.4, -0.2) is 25.3 Å². The van der Waals surface area contributed by atoms with Crippen LogP contribution in [0.2, 0.25) is 0 Å². The smallest absolute Gasteiger partial charge is 0.416 e. The zero-order valence-electron chi connectivity index (χ0n) is 13.2. The van der Waals surface area contributed by atoms with Crippen LogP contribution in [0.3, 0.4) is 0 Å². The van der Waals surface area contributed by atoms with E-state index in [9.17, 15) is 18.0 Å².